The van der Waals surface area contributed by atoms with E-state index in [0.29, 0.717) is 11.1 Å². The first-order valence-electron chi connectivity index (χ1n) is 15.0. The third-order valence-corrected chi connectivity index (χ3v) is 8.90. The van der Waals surface area contributed by atoms with Crippen molar-refractivity contribution in [2.24, 2.45) is 5.92 Å². The first-order valence-corrected chi connectivity index (χ1v) is 16.8. The van der Waals surface area contributed by atoms with Gasteiger partial charge in [0, 0.05) is 66.8 Å². The lowest BCUT2D eigenvalue weighted by atomic mass is 9.91. The molecule has 0 saturated carbocycles. The van der Waals surface area contributed by atoms with E-state index in [4.69, 9.17) is 0 Å². The van der Waals surface area contributed by atoms with E-state index in [1.54, 1.807) is 48.8 Å². The number of para-hydroxylation sites is 2. The minimum atomic E-state index is -4.68. The summed E-state index contributed by atoms with van der Waals surface area (Å²) >= 11 is 0. The summed E-state index contributed by atoms with van der Waals surface area (Å²) in [6, 6.07) is 11.5. The molecular formula is C31H38N5O11P. The van der Waals surface area contributed by atoms with Crippen LogP contribution in [0.3, 0.4) is 0 Å². The molecule has 9 N–H and O–H groups in total. The molecule has 2 aromatic carbocycles. The third-order valence-electron chi connectivity index (χ3n) is 8.13. The highest BCUT2D eigenvalue weighted by Crippen LogP contribution is 2.35. The minimum Gasteiger partial charge on any atom is -0.481 e. The normalized spacial score (nSPS) is 14.0. The first kappa shape index (κ1) is 36.3. The van der Waals surface area contributed by atoms with E-state index in [9.17, 15) is 54.0 Å². The molecule has 0 aliphatic heterocycles. The number of hydrogen-bond donors (Lipinski definition) is 9. The lowest BCUT2D eigenvalue weighted by molar-refractivity contribution is -0.151. The lowest BCUT2D eigenvalue weighted by Crippen LogP contribution is -2.51. The summed E-state index contributed by atoms with van der Waals surface area (Å²) in [5.74, 6) is -6.78. The monoisotopic (exact) mass is 687 g/mol. The average molecular weight is 688 g/mol. The summed E-state index contributed by atoms with van der Waals surface area (Å²) in [5, 5.41) is 43.8. The van der Waals surface area contributed by atoms with Crippen LogP contribution < -0.4 is 5.32 Å². The van der Waals surface area contributed by atoms with E-state index in [0.717, 1.165) is 21.8 Å². The fourth-order valence-electron chi connectivity index (χ4n) is 5.85. The maximum Gasteiger partial charge on any atom is 0.339 e. The zero-order valence-electron chi connectivity index (χ0n) is 25.7. The van der Waals surface area contributed by atoms with Gasteiger partial charge >= 0.3 is 31.5 Å². The zero-order chi connectivity index (χ0) is 35.0. The Morgan fingerprint density at radius 1 is 0.750 bits per heavy atom. The fourth-order valence-corrected chi connectivity index (χ4v) is 6.65. The second-order valence-corrected chi connectivity index (χ2v) is 13.1. The Labute approximate surface area is 274 Å². The van der Waals surface area contributed by atoms with Gasteiger partial charge in [-0.1, -0.05) is 36.4 Å². The Morgan fingerprint density at radius 2 is 1.31 bits per heavy atom. The zero-order valence-corrected chi connectivity index (χ0v) is 26.6. The second kappa shape index (κ2) is 16.0. The molecule has 0 amide bonds. The number of rotatable bonds is 20. The molecule has 48 heavy (non-hydrogen) atoms. The number of aromatic amines is 2. The maximum absolute atomic E-state index is 12.4. The van der Waals surface area contributed by atoms with Gasteiger partial charge in [-0.25, -0.2) is 0 Å². The van der Waals surface area contributed by atoms with Crippen LogP contribution in [0.15, 0.2) is 60.9 Å². The predicted octanol–water partition coefficient (Wildman–Crippen LogP) is 1.46. The SMILES string of the molecule is O=C(O)CN(CCN(CCN[C@@H](C(=O)O)C(Cc1c[nH]c2ccccc12)C(=O)O)CP(=O)(O)O)[C@H](Cc1c[nH]c2ccccc12)C(=O)O. The molecule has 0 bridgehead atoms. The molecule has 2 heterocycles. The van der Waals surface area contributed by atoms with Gasteiger partial charge in [-0.05, 0) is 29.7 Å². The van der Waals surface area contributed by atoms with Gasteiger partial charge in [-0.2, -0.15) is 0 Å². The average Bonchev–Trinajstić information content (AvgIpc) is 3.61. The maximum atomic E-state index is 12.4. The molecule has 0 spiro atoms. The van der Waals surface area contributed by atoms with Gasteiger partial charge in [0.05, 0.1) is 12.5 Å². The molecule has 0 fully saturated rings. The number of carboxylic acid groups (broad SMARTS) is 4. The molecule has 1 unspecified atom stereocenters. The van der Waals surface area contributed by atoms with Crippen molar-refractivity contribution < 1.29 is 54.0 Å². The standard InChI is InChI=1S/C31H38N5O11P/c37-27(38)17-36(26(30(41)42)14-20-16-34-25-8-4-2-6-22(20)25)12-11-35(18-48(45,46)47)10-9-32-28(31(43)44)23(29(39)40)13-19-15-33-24-7-3-1-5-21(19)24/h1-8,15-16,23,26,28,32-34H,9-14,17-18H2,(H,37,38)(H,39,40)(H,41,42)(H,43,44)(H2,45,46,47)/t23?,26-,28-/m1/s1. The molecule has 4 aromatic rings. The highest BCUT2D eigenvalue weighted by atomic mass is 31.2. The summed E-state index contributed by atoms with van der Waals surface area (Å²) in [7, 11) is -4.68. The van der Waals surface area contributed by atoms with Gasteiger partial charge in [0.1, 0.15) is 18.4 Å². The number of aromatic nitrogens is 2. The van der Waals surface area contributed by atoms with Crippen molar-refractivity contribution in [3.05, 3.63) is 72.1 Å². The molecule has 4 rings (SSSR count). The van der Waals surface area contributed by atoms with Crippen molar-refractivity contribution in [3.8, 4) is 0 Å². The van der Waals surface area contributed by atoms with Crippen molar-refractivity contribution in [1.82, 2.24) is 25.1 Å². The summed E-state index contributed by atoms with van der Waals surface area (Å²) in [4.78, 5) is 76.5. The number of benzene rings is 2. The number of fused-ring (bicyclic) bond motifs is 2. The summed E-state index contributed by atoms with van der Waals surface area (Å²) < 4.78 is 12.0. The van der Waals surface area contributed by atoms with Gasteiger partial charge in [0.25, 0.3) is 0 Å². The van der Waals surface area contributed by atoms with E-state index in [-0.39, 0.29) is 39.0 Å². The van der Waals surface area contributed by atoms with Crippen LogP contribution >= 0.6 is 7.60 Å². The minimum absolute atomic E-state index is 0.0556. The smallest absolute Gasteiger partial charge is 0.339 e. The number of carbonyl (C=O) groups is 4. The molecule has 16 nitrogen and oxygen atoms in total. The number of hydrogen-bond acceptors (Lipinski definition) is 8. The Morgan fingerprint density at radius 3 is 1.81 bits per heavy atom. The summed E-state index contributed by atoms with van der Waals surface area (Å²) in [6.07, 6.45) is 2.30. The molecule has 0 radical (unpaired) electrons. The third kappa shape index (κ3) is 9.73. The number of aliphatic carboxylic acids is 4. The lowest BCUT2D eigenvalue weighted by Gasteiger charge is -2.31. The highest BCUT2D eigenvalue weighted by molar-refractivity contribution is 7.51. The Kier molecular flexibility index (Phi) is 12.1. The molecule has 2 aromatic heterocycles. The van der Waals surface area contributed by atoms with E-state index in [1.165, 1.54) is 9.80 Å². The van der Waals surface area contributed by atoms with Crippen LogP contribution in [-0.2, 0) is 36.6 Å². The van der Waals surface area contributed by atoms with E-state index >= 15 is 0 Å². The van der Waals surface area contributed by atoms with Gasteiger partial charge in [-0.3, -0.25) is 33.5 Å². The van der Waals surface area contributed by atoms with Crippen LogP contribution in [-0.4, -0.2) is 125 Å². The number of nitrogens with one attached hydrogen (secondary N) is 3. The van der Waals surface area contributed by atoms with E-state index in [2.05, 4.69) is 15.3 Å². The van der Waals surface area contributed by atoms with Gasteiger partial charge in [0.2, 0.25) is 0 Å². The highest BCUT2D eigenvalue weighted by Gasteiger charge is 2.35. The van der Waals surface area contributed by atoms with Crippen LogP contribution in [0.5, 0.6) is 0 Å². The van der Waals surface area contributed by atoms with Crippen LogP contribution in [0, 0.1) is 5.92 Å². The van der Waals surface area contributed by atoms with Gasteiger partial charge in [0.15, 0.2) is 0 Å². The van der Waals surface area contributed by atoms with Gasteiger partial charge < -0.3 is 45.5 Å². The number of H-pyrrole nitrogens is 2. The van der Waals surface area contributed by atoms with E-state index < -0.39 is 62.3 Å². The van der Waals surface area contributed by atoms with Crippen LogP contribution in [0.2, 0.25) is 0 Å². The molecule has 17 heteroatoms. The van der Waals surface area contributed by atoms with Crippen LogP contribution in [0.1, 0.15) is 11.1 Å². The summed E-state index contributed by atoms with van der Waals surface area (Å²) in [6.45, 7) is -1.45. The van der Waals surface area contributed by atoms with Crippen molar-refractivity contribution in [2.75, 3.05) is 39.0 Å². The molecule has 258 valence electrons. The Hall–Kier alpha value is -4.57. The second-order valence-electron chi connectivity index (χ2n) is 11.5. The van der Waals surface area contributed by atoms with Crippen molar-refractivity contribution in [2.45, 2.75) is 24.9 Å². The predicted molar refractivity (Wildman–Crippen MR) is 174 cm³/mol. The Bertz CT molecular complexity index is 1800. The quantitative estimate of drug-likeness (QED) is 0.0596. The van der Waals surface area contributed by atoms with Crippen molar-refractivity contribution in [1.29, 1.82) is 0 Å². The molecule has 0 saturated heterocycles. The van der Waals surface area contributed by atoms with Crippen molar-refractivity contribution >= 4 is 53.3 Å². The van der Waals surface area contributed by atoms with Crippen LogP contribution in [0.25, 0.3) is 21.8 Å². The molecular weight excluding hydrogens is 649 g/mol. The van der Waals surface area contributed by atoms with Crippen molar-refractivity contribution in [3.63, 3.8) is 0 Å². The van der Waals surface area contributed by atoms with E-state index in [1.807, 2.05) is 12.1 Å². The number of carboxylic acids is 4. The topological polar surface area (TPSA) is 257 Å². The molecule has 3 atom stereocenters. The van der Waals surface area contributed by atoms with Gasteiger partial charge in [-0.15, -0.1) is 0 Å². The molecule has 0 aliphatic carbocycles. The summed E-state index contributed by atoms with van der Waals surface area (Å²) in [5.41, 5.74) is 2.78. The first-order chi connectivity index (χ1) is 22.7. The fraction of sp³-hybridized carbons (Fsp3) is 0.355. The molecule has 0 aliphatic rings. The largest absolute Gasteiger partial charge is 0.481 e. The Balaban J connectivity index is 1.47. The number of nitrogens with zero attached hydrogens (tertiary/aromatic N) is 2. The van der Waals surface area contributed by atoms with Crippen LogP contribution in [0.4, 0.5) is 0 Å².